The highest BCUT2D eigenvalue weighted by atomic mass is 16.2. The summed E-state index contributed by atoms with van der Waals surface area (Å²) in [6, 6.07) is 7.15. The molecule has 2 aromatic rings. The van der Waals surface area contributed by atoms with Gasteiger partial charge in [0.1, 0.15) is 0 Å². The van der Waals surface area contributed by atoms with Crippen LogP contribution in [0.15, 0.2) is 41.5 Å². The maximum absolute atomic E-state index is 12.6. The first-order valence-corrected chi connectivity index (χ1v) is 8.59. The number of aromatic amines is 1. The zero-order chi connectivity index (χ0) is 17.8. The summed E-state index contributed by atoms with van der Waals surface area (Å²) in [5.74, 6) is 0.403. The second-order valence-electron chi connectivity index (χ2n) is 6.88. The number of rotatable bonds is 5. The first kappa shape index (κ1) is 17.4. The minimum atomic E-state index is -0.227. The van der Waals surface area contributed by atoms with Crippen molar-refractivity contribution in [1.29, 1.82) is 0 Å². The number of pyridine rings is 2. The Labute approximate surface area is 147 Å². The highest BCUT2D eigenvalue weighted by Gasteiger charge is 2.28. The Morgan fingerprint density at radius 2 is 2.28 bits per heavy atom. The van der Waals surface area contributed by atoms with Gasteiger partial charge in [0, 0.05) is 55.9 Å². The molecule has 132 valence electrons. The topological polar surface area (TPSA) is 69.3 Å². The van der Waals surface area contributed by atoms with Crippen LogP contribution in [0.4, 0.5) is 0 Å². The predicted molar refractivity (Wildman–Crippen MR) is 96.4 cm³/mol. The smallest absolute Gasteiger partial charge is 0.254 e. The number of hydrogen-bond acceptors (Lipinski definition) is 4. The van der Waals surface area contributed by atoms with Gasteiger partial charge in [-0.2, -0.15) is 0 Å². The third-order valence-corrected chi connectivity index (χ3v) is 4.54. The number of aryl methyl sites for hydroxylation is 1. The number of aromatic nitrogens is 2. The second kappa shape index (κ2) is 7.61. The minimum Gasteiger partial charge on any atom is -0.338 e. The van der Waals surface area contributed by atoms with Crippen molar-refractivity contribution in [3.05, 3.63) is 63.8 Å². The van der Waals surface area contributed by atoms with Crippen molar-refractivity contribution >= 4 is 5.91 Å². The van der Waals surface area contributed by atoms with E-state index in [1.807, 2.05) is 17.2 Å². The number of carbonyl (C=O) groups is 1. The largest absolute Gasteiger partial charge is 0.338 e. The fraction of sp³-hybridized carbons (Fsp3) is 0.421. The molecule has 1 aliphatic rings. The number of H-pyrrole nitrogens is 1. The Morgan fingerprint density at radius 1 is 1.44 bits per heavy atom. The molecule has 0 radical (unpaired) electrons. The van der Waals surface area contributed by atoms with Gasteiger partial charge >= 0.3 is 0 Å². The van der Waals surface area contributed by atoms with E-state index in [2.05, 4.69) is 28.0 Å². The highest BCUT2D eigenvalue weighted by molar-refractivity contribution is 5.94. The Balaban J connectivity index is 1.56. The van der Waals surface area contributed by atoms with Crippen LogP contribution in [0.3, 0.4) is 0 Å². The first-order chi connectivity index (χ1) is 12.0. The van der Waals surface area contributed by atoms with Crippen LogP contribution in [0.2, 0.25) is 0 Å². The SMILES string of the molecule is Cc1cc(C(=O)N2CC[C@@H](CN(C)Cc3cccnc3)C2)cc(=O)[nH]1. The molecule has 6 heteroatoms. The average molecular weight is 340 g/mol. The molecule has 1 atom stereocenters. The molecule has 3 heterocycles. The summed E-state index contributed by atoms with van der Waals surface area (Å²) < 4.78 is 0. The van der Waals surface area contributed by atoms with Gasteiger partial charge in [0.15, 0.2) is 0 Å². The van der Waals surface area contributed by atoms with E-state index in [-0.39, 0.29) is 11.5 Å². The van der Waals surface area contributed by atoms with Crippen LogP contribution in [0.5, 0.6) is 0 Å². The van der Waals surface area contributed by atoms with Gasteiger partial charge in [-0.1, -0.05) is 6.07 Å². The number of nitrogens with zero attached hydrogens (tertiary/aromatic N) is 3. The monoisotopic (exact) mass is 340 g/mol. The van der Waals surface area contributed by atoms with E-state index < -0.39 is 0 Å². The summed E-state index contributed by atoms with van der Waals surface area (Å²) in [5, 5.41) is 0. The van der Waals surface area contributed by atoms with Crippen LogP contribution >= 0.6 is 0 Å². The van der Waals surface area contributed by atoms with Gasteiger partial charge in [0.2, 0.25) is 5.56 Å². The van der Waals surface area contributed by atoms with E-state index in [1.165, 1.54) is 11.6 Å². The highest BCUT2D eigenvalue weighted by Crippen LogP contribution is 2.20. The molecule has 1 N–H and O–H groups in total. The van der Waals surface area contributed by atoms with Gasteiger partial charge in [-0.05, 0) is 44.0 Å². The van der Waals surface area contributed by atoms with Gasteiger partial charge in [0.25, 0.3) is 5.91 Å². The Morgan fingerprint density at radius 3 is 3.00 bits per heavy atom. The van der Waals surface area contributed by atoms with Gasteiger partial charge in [-0.25, -0.2) is 0 Å². The molecule has 25 heavy (non-hydrogen) atoms. The predicted octanol–water partition coefficient (Wildman–Crippen LogP) is 1.67. The molecule has 1 amide bonds. The normalized spacial score (nSPS) is 17.2. The van der Waals surface area contributed by atoms with Gasteiger partial charge in [-0.15, -0.1) is 0 Å². The molecule has 1 saturated heterocycles. The maximum Gasteiger partial charge on any atom is 0.254 e. The standard InChI is InChI=1S/C19H24N4O2/c1-14-8-17(9-18(24)21-14)19(25)23-7-5-16(13-23)12-22(2)11-15-4-3-6-20-10-15/h3-4,6,8-10,16H,5,7,11-13H2,1-2H3,(H,21,24)/t16-/m0/s1. The molecule has 2 aromatic heterocycles. The summed E-state index contributed by atoms with van der Waals surface area (Å²) in [7, 11) is 2.09. The quantitative estimate of drug-likeness (QED) is 0.899. The zero-order valence-corrected chi connectivity index (χ0v) is 14.7. The van der Waals surface area contributed by atoms with E-state index in [1.54, 1.807) is 19.2 Å². The number of likely N-dealkylation sites (tertiary alicyclic amines) is 1. The van der Waals surface area contributed by atoms with Crippen LogP contribution in [-0.4, -0.2) is 52.4 Å². The molecule has 0 unspecified atom stereocenters. The van der Waals surface area contributed by atoms with Crippen molar-refractivity contribution in [2.75, 3.05) is 26.7 Å². The van der Waals surface area contributed by atoms with Gasteiger partial charge in [-0.3, -0.25) is 14.6 Å². The lowest BCUT2D eigenvalue weighted by Gasteiger charge is -2.21. The number of nitrogens with one attached hydrogen (secondary N) is 1. The van der Waals surface area contributed by atoms with Crippen molar-refractivity contribution in [2.45, 2.75) is 19.9 Å². The minimum absolute atomic E-state index is 0.0494. The fourth-order valence-corrected chi connectivity index (χ4v) is 3.46. The average Bonchev–Trinajstić information content (AvgIpc) is 3.02. The van der Waals surface area contributed by atoms with E-state index in [0.717, 1.165) is 32.6 Å². The lowest BCUT2D eigenvalue weighted by Crippen LogP contribution is -2.32. The molecule has 0 bridgehead atoms. The lowest BCUT2D eigenvalue weighted by atomic mass is 10.1. The molecule has 3 rings (SSSR count). The maximum atomic E-state index is 12.6. The lowest BCUT2D eigenvalue weighted by molar-refractivity contribution is 0.0783. The van der Waals surface area contributed by atoms with Crippen LogP contribution in [0, 0.1) is 12.8 Å². The summed E-state index contributed by atoms with van der Waals surface area (Å²) in [6.07, 6.45) is 4.65. The molecule has 0 saturated carbocycles. The molecular weight excluding hydrogens is 316 g/mol. The molecule has 0 aromatic carbocycles. The summed E-state index contributed by atoms with van der Waals surface area (Å²) >= 11 is 0. The molecule has 1 fully saturated rings. The molecule has 0 spiro atoms. The molecule has 0 aliphatic carbocycles. The summed E-state index contributed by atoms with van der Waals surface area (Å²) in [6.45, 7) is 5.06. The molecular formula is C19H24N4O2. The second-order valence-corrected chi connectivity index (χ2v) is 6.88. The van der Waals surface area contributed by atoms with Crippen molar-refractivity contribution in [3.8, 4) is 0 Å². The van der Waals surface area contributed by atoms with Crippen molar-refractivity contribution in [1.82, 2.24) is 19.8 Å². The Bertz CT molecular complexity index is 788. The van der Waals surface area contributed by atoms with Crippen LogP contribution in [0.25, 0.3) is 0 Å². The van der Waals surface area contributed by atoms with Crippen molar-refractivity contribution in [2.24, 2.45) is 5.92 Å². The zero-order valence-electron chi connectivity index (χ0n) is 14.7. The van der Waals surface area contributed by atoms with E-state index in [4.69, 9.17) is 0 Å². The van der Waals surface area contributed by atoms with Crippen molar-refractivity contribution in [3.63, 3.8) is 0 Å². The summed E-state index contributed by atoms with van der Waals surface area (Å²) in [4.78, 5) is 35.2. The van der Waals surface area contributed by atoms with E-state index in [9.17, 15) is 9.59 Å². The summed E-state index contributed by atoms with van der Waals surface area (Å²) in [5.41, 5.74) is 2.15. The van der Waals surface area contributed by atoms with Crippen LogP contribution in [-0.2, 0) is 6.54 Å². The van der Waals surface area contributed by atoms with E-state index in [0.29, 0.717) is 17.2 Å². The number of hydrogen-bond donors (Lipinski definition) is 1. The van der Waals surface area contributed by atoms with Gasteiger partial charge in [0.05, 0.1) is 0 Å². The Kier molecular flexibility index (Phi) is 5.28. The van der Waals surface area contributed by atoms with E-state index >= 15 is 0 Å². The Hall–Kier alpha value is -2.47. The van der Waals surface area contributed by atoms with Gasteiger partial charge < -0.3 is 14.8 Å². The van der Waals surface area contributed by atoms with Crippen LogP contribution < -0.4 is 5.56 Å². The first-order valence-electron chi connectivity index (χ1n) is 8.59. The third kappa shape index (κ3) is 4.54. The third-order valence-electron chi connectivity index (χ3n) is 4.54. The molecule has 6 nitrogen and oxygen atoms in total. The number of carbonyl (C=O) groups excluding carboxylic acids is 1. The van der Waals surface area contributed by atoms with Crippen molar-refractivity contribution < 1.29 is 4.79 Å². The molecule has 1 aliphatic heterocycles. The number of amides is 1. The fourth-order valence-electron chi connectivity index (χ4n) is 3.46. The van der Waals surface area contributed by atoms with Crippen LogP contribution in [0.1, 0.15) is 28.0 Å².